The van der Waals surface area contributed by atoms with Crippen LogP contribution < -0.4 is 5.32 Å². The van der Waals surface area contributed by atoms with Gasteiger partial charge in [0.15, 0.2) is 0 Å². The molecule has 146 valence electrons. The van der Waals surface area contributed by atoms with Gasteiger partial charge in [0.1, 0.15) is 0 Å². The van der Waals surface area contributed by atoms with E-state index in [2.05, 4.69) is 12.2 Å². The van der Waals surface area contributed by atoms with E-state index in [4.69, 9.17) is 11.6 Å². The molecule has 0 unspecified atom stereocenters. The molecule has 0 bridgehead atoms. The van der Waals surface area contributed by atoms with Gasteiger partial charge < -0.3 is 10.2 Å². The van der Waals surface area contributed by atoms with Gasteiger partial charge in [0.2, 0.25) is 5.91 Å². The van der Waals surface area contributed by atoms with Crippen molar-refractivity contribution >= 4 is 23.4 Å². The second kappa shape index (κ2) is 7.96. The van der Waals surface area contributed by atoms with Gasteiger partial charge in [0.05, 0.1) is 12.0 Å². The minimum Gasteiger partial charge on any atom is -0.353 e. The Morgan fingerprint density at radius 3 is 2.68 bits per heavy atom. The number of hydrogen-bond donors (Lipinski definition) is 1. The molecule has 2 amide bonds. The van der Waals surface area contributed by atoms with Gasteiger partial charge in [-0.05, 0) is 48.6 Å². The zero-order chi connectivity index (χ0) is 19.7. The fourth-order valence-electron chi connectivity index (χ4n) is 4.03. The molecule has 2 aromatic rings. The molecule has 1 aliphatic heterocycles. The first kappa shape index (κ1) is 19.0. The van der Waals surface area contributed by atoms with E-state index in [0.29, 0.717) is 17.1 Å². The van der Waals surface area contributed by atoms with E-state index in [9.17, 15) is 9.59 Å². The van der Waals surface area contributed by atoms with Crippen molar-refractivity contribution in [3.63, 3.8) is 0 Å². The predicted molar refractivity (Wildman–Crippen MR) is 110 cm³/mol. The molecule has 0 spiro atoms. The molecule has 0 aromatic heterocycles. The molecule has 2 aliphatic rings. The Bertz CT molecular complexity index is 894. The van der Waals surface area contributed by atoms with Crippen LogP contribution in [0.1, 0.15) is 66.1 Å². The molecule has 2 aromatic carbocycles. The van der Waals surface area contributed by atoms with Crippen molar-refractivity contribution < 1.29 is 9.59 Å². The molecule has 0 saturated heterocycles. The van der Waals surface area contributed by atoms with E-state index >= 15 is 0 Å². The lowest BCUT2D eigenvalue weighted by atomic mass is 9.79. The van der Waals surface area contributed by atoms with E-state index in [0.717, 1.165) is 36.8 Å². The summed E-state index contributed by atoms with van der Waals surface area (Å²) in [6.07, 6.45) is 3.93. The number of nitrogens with zero attached hydrogens (tertiary/aromatic N) is 1. The zero-order valence-electron chi connectivity index (χ0n) is 16.0. The number of nitrogens with one attached hydrogen (secondary N) is 1. The molecule has 1 saturated carbocycles. The lowest BCUT2D eigenvalue weighted by Crippen LogP contribution is -2.48. The van der Waals surface area contributed by atoms with Crippen LogP contribution in [-0.4, -0.2) is 29.3 Å². The maximum Gasteiger partial charge on any atom is 0.254 e. The van der Waals surface area contributed by atoms with Crippen molar-refractivity contribution in [2.24, 2.45) is 0 Å². The van der Waals surface area contributed by atoms with E-state index in [1.165, 1.54) is 0 Å². The quantitative estimate of drug-likeness (QED) is 0.769. The van der Waals surface area contributed by atoms with Crippen LogP contribution in [0.4, 0.5) is 0 Å². The van der Waals surface area contributed by atoms with Gasteiger partial charge in [-0.25, -0.2) is 0 Å². The summed E-state index contributed by atoms with van der Waals surface area (Å²) in [6, 6.07) is 15.0. The van der Waals surface area contributed by atoms with Gasteiger partial charge in [-0.3, -0.25) is 9.59 Å². The Balaban J connectivity index is 1.84. The largest absolute Gasteiger partial charge is 0.353 e. The van der Waals surface area contributed by atoms with E-state index in [1.54, 1.807) is 0 Å². The number of hydrogen-bond acceptors (Lipinski definition) is 2. The topological polar surface area (TPSA) is 49.4 Å². The Hall–Kier alpha value is -2.33. The van der Waals surface area contributed by atoms with Crippen LogP contribution in [0.2, 0.25) is 5.02 Å². The van der Waals surface area contributed by atoms with Crippen LogP contribution in [0.3, 0.4) is 0 Å². The number of fused-ring (bicyclic) bond motifs is 1. The first-order valence-corrected chi connectivity index (χ1v) is 10.4. The minimum atomic E-state index is -0.440. The van der Waals surface area contributed by atoms with Crippen LogP contribution in [0, 0.1) is 0 Å². The van der Waals surface area contributed by atoms with E-state index in [1.807, 2.05) is 53.4 Å². The summed E-state index contributed by atoms with van der Waals surface area (Å²) in [6.45, 7) is 2.72. The summed E-state index contributed by atoms with van der Waals surface area (Å²) in [5.41, 5.74) is 2.35. The van der Waals surface area contributed by atoms with Crippen LogP contribution in [0.15, 0.2) is 48.5 Å². The summed E-state index contributed by atoms with van der Waals surface area (Å²) in [5, 5.41) is 3.77. The third-order valence-corrected chi connectivity index (χ3v) is 5.82. The minimum absolute atomic E-state index is 0.00563. The van der Waals surface area contributed by atoms with Crippen molar-refractivity contribution in [3.8, 4) is 0 Å². The van der Waals surface area contributed by atoms with Crippen molar-refractivity contribution in [1.29, 1.82) is 0 Å². The van der Waals surface area contributed by atoms with Crippen molar-refractivity contribution in [2.75, 3.05) is 6.54 Å². The van der Waals surface area contributed by atoms with Crippen LogP contribution in [0.25, 0.3) is 0 Å². The van der Waals surface area contributed by atoms with Crippen LogP contribution in [-0.2, 0) is 4.79 Å². The average Bonchev–Trinajstić information content (AvgIpc) is 3.51. The third kappa shape index (κ3) is 3.66. The first-order valence-electron chi connectivity index (χ1n) is 10.1. The number of halogens is 1. The molecule has 1 fully saturated rings. The van der Waals surface area contributed by atoms with Crippen molar-refractivity contribution in [3.05, 3.63) is 70.2 Å². The molecule has 4 nitrogen and oxygen atoms in total. The fraction of sp³-hybridized carbons (Fsp3) is 0.391. The smallest absolute Gasteiger partial charge is 0.254 e. The highest BCUT2D eigenvalue weighted by Gasteiger charge is 2.44. The lowest BCUT2D eigenvalue weighted by molar-refractivity contribution is -0.124. The standard InChI is InChI=1S/C23H25ClN2O2/c1-2-3-13-26-21(15-7-6-8-16(24)14-15)20(22(27)25-17-11-12-17)18-9-4-5-10-19(18)23(26)28/h4-10,14,17,20-21H,2-3,11-13H2,1H3,(H,25,27)/t20-,21-/m1/s1. The SMILES string of the molecule is CCCCN1C(=O)c2ccccc2[C@@H](C(=O)NC2CC2)[C@H]1c1cccc(Cl)c1. The molecule has 4 rings (SSSR count). The monoisotopic (exact) mass is 396 g/mol. The second-order valence-electron chi connectivity index (χ2n) is 7.70. The average molecular weight is 397 g/mol. The maximum atomic E-state index is 13.4. The molecule has 1 heterocycles. The fourth-order valence-corrected chi connectivity index (χ4v) is 4.23. The first-order chi connectivity index (χ1) is 13.6. The molecular formula is C23H25ClN2O2. The van der Waals surface area contributed by atoms with E-state index in [-0.39, 0.29) is 23.9 Å². The maximum absolute atomic E-state index is 13.4. The number of benzene rings is 2. The predicted octanol–water partition coefficient (Wildman–Crippen LogP) is 4.70. The lowest BCUT2D eigenvalue weighted by Gasteiger charge is -2.42. The zero-order valence-corrected chi connectivity index (χ0v) is 16.8. The van der Waals surface area contributed by atoms with Gasteiger partial charge >= 0.3 is 0 Å². The number of carbonyl (C=O) groups is 2. The van der Waals surface area contributed by atoms with Gasteiger partial charge in [-0.1, -0.05) is 55.3 Å². The Kier molecular flexibility index (Phi) is 5.40. The summed E-state index contributed by atoms with van der Waals surface area (Å²) in [4.78, 5) is 28.5. The normalized spacial score (nSPS) is 21.4. The van der Waals surface area contributed by atoms with Crippen LogP contribution in [0.5, 0.6) is 0 Å². The highest BCUT2D eigenvalue weighted by molar-refractivity contribution is 6.30. The number of rotatable bonds is 6. The third-order valence-electron chi connectivity index (χ3n) is 5.59. The molecule has 1 aliphatic carbocycles. The Morgan fingerprint density at radius 2 is 1.96 bits per heavy atom. The molecule has 0 radical (unpaired) electrons. The molecule has 28 heavy (non-hydrogen) atoms. The number of unbranched alkanes of at least 4 members (excludes halogenated alkanes) is 1. The second-order valence-corrected chi connectivity index (χ2v) is 8.14. The van der Waals surface area contributed by atoms with Gasteiger partial charge in [-0.15, -0.1) is 0 Å². The summed E-state index contributed by atoms with van der Waals surface area (Å²) < 4.78 is 0. The molecular weight excluding hydrogens is 372 g/mol. The highest BCUT2D eigenvalue weighted by atomic mass is 35.5. The van der Waals surface area contributed by atoms with Gasteiger partial charge in [-0.2, -0.15) is 0 Å². The summed E-state index contributed by atoms with van der Waals surface area (Å²) in [7, 11) is 0. The summed E-state index contributed by atoms with van der Waals surface area (Å²) in [5.74, 6) is -0.455. The number of carbonyl (C=O) groups excluding carboxylic acids is 2. The molecule has 1 N–H and O–H groups in total. The Morgan fingerprint density at radius 1 is 1.18 bits per heavy atom. The van der Waals surface area contributed by atoms with Gasteiger partial charge in [0.25, 0.3) is 5.91 Å². The summed E-state index contributed by atoms with van der Waals surface area (Å²) >= 11 is 6.27. The molecule has 5 heteroatoms. The van der Waals surface area contributed by atoms with Crippen molar-refractivity contribution in [2.45, 2.75) is 50.6 Å². The van der Waals surface area contributed by atoms with Crippen LogP contribution >= 0.6 is 11.6 Å². The number of amides is 2. The van der Waals surface area contributed by atoms with Crippen molar-refractivity contribution in [1.82, 2.24) is 10.2 Å². The highest BCUT2D eigenvalue weighted by Crippen LogP contribution is 2.43. The Labute approximate surface area is 170 Å². The van der Waals surface area contributed by atoms with Gasteiger partial charge in [0, 0.05) is 23.2 Å². The van der Waals surface area contributed by atoms with E-state index < -0.39 is 5.92 Å². The molecule has 2 atom stereocenters.